The first kappa shape index (κ1) is 17.7. The normalized spacial score (nSPS) is 11.5. The van der Waals surface area contributed by atoms with E-state index in [-0.39, 0.29) is 11.8 Å². The van der Waals surface area contributed by atoms with Gasteiger partial charge >= 0.3 is 0 Å². The Morgan fingerprint density at radius 1 is 0.917 bits per heavy atom. The molecule has 24 heavy (non-hydrogen) atoms. The molecule has 0 saturated carbocycles. The van der Waals surface area contributed by atoms with E-state index in [1.54, 1.807) is 24.3 Å². The van der Waals surface area contributed by atoms with Gasteiger partial charge < -0.3 is 16.0 Å². The molecule has 126 valence electrons. The summed E-state index contributed by atoms with van der Waals surface area (Å²) in [4.78, 5) is 24.9. The second-order valence-corrected chi connectivity index (χ2v) is 5.33. The number of hydrogen-bond donors (Lipinski definition) is 3. The summed E-state index contributed by atoms with van der Waals surface area (Å²) in [5.74, 6) is -0.491. The minimum atomic E-state index is -0.722. The molecular weight excluding hydrogens is 302 g/mol. The van der Waals surface area contributed by atoms with E-state index in [0.717, 1.165) is 12.1 Å². The quantitative estimate of drug-likeness (QED) is 0.649. The first-order valence-corrected chi connectivity index (χ1v) is 8.11. The van der Waals surface area contributed by atoms with Crippen LogP contribution in [0.25, 0.3) is 0 Å². The molecule has 0 saturated heterocycles. The van der Waals surface area contributed by atoms with Gasteiger partial charge in [0.15, 0.2) is 0 Å². The molecule has 0 aliphatic heterocycles. The zero-order valence-electron chi connectivity index (χ0n) is 13.8. The van der Waals surface area contributed by atoms with Crippen molar-refractivity contribution in [3.8, 4) is 0 Å². The summed E-state index contributed by atoms with van der Waals surface area (Å²) >= 11 is 0. The van der Waals surface area contributed by atoms with E-state index in [2.05, 4.69) is 16.0 Å². The number of carbonyl (C=O) groups is 2. The summed E-state index contributed by atoms with van der Waals surface area (Å²) in [5.41, 5.74) is 1.28. The van der Waals surface area contributed by atoms with Gasteiger partial charge in [0.25, 0.3) is 5.91 Å². The number of amides is 2. The van der Waals surface area contributed by atoms with E-state index in [4.69, 9.17) is 0 Å². The monoisotopic (exact) mass is 325 g/mol. The van der Waals surface area contributed by atoms with Crippen molar-refractivity contribution < 1.29 is 9.59 Å². The molecule has 5 heteroatoms. The first-order valence-electron chi connectivity index (χ1n) is 8.11. The predicted molar refractivity (Wildman–Crippen MR) is 94.6 cm³/mol. The molecule has 0 aliphatic carbocycles. The third-order valence-electron chi connectivity index (χ3n) is 3.56. The van der Waals surface area contributed by atoms with Gasteiger partial charge in [0.05, 0.1) is 0 Å². The van der Waals surface area contributed by atoms with Gasteiger partial charge in [-0.3, -0.25) is 9.59 Å². The second kappa shape index (κ2) is 9.47. The third-order valence-corrected chi connectivity index (χ3v) is 3.56. The van der Waals surface area contributed by atoms with Crippen LogP contribution in [-0.2, 0) is 4.79 Å². The average molecular weight is 325 g/mol. The number of carbonyl (C=O) groups excluding carboxylic acids is 2. The number of nitrogens with one attached hydrogen (secondary N) is 3. The van der Waals surface area contributed by atoms with Gasteiger partial charge in [0.2, 0.25) is 5.91 Å². The van der Waals surface area contributed by atoms with Crippen LogP contribution in [0.3, 0.4) is 0 Å². The van der Waals surface area contributed by atoms with Crippen molar-refractivity contribution in [1.29, 1.82) is 0 Å². The molecular formula is C19H23N3O2. The van der Waals surface area contributed by atoms with Crippen molar-refractivity contribution in [2.45, 2.75) is 13.0 Å². The lowest BCUT2D eigenvalue weighted by molar-refractivity contribution is -0.123. The van der Waals surface area contributed by atoms with E-state index in [9.17, 15) is 9.59 Å². The molecule has 2 amide bonds. The SMILES string of the molecule is CCNCCNC(=O)C(NC(=O)c1ccccc1)c1ccccc1. The van der Waals surface area contributed by atoms with Crippen LogP contribution >= 0.6 is 0 Å². The molecule has 0 heterocycles. The smallest absolute Gasteiger partial charge is 0.252 e. The van der Waals surface area contributed by atoms with Crippen LogP contribution in [-0.4, -0.2) is 31.4 Å². The van der Waals surface area contributed by atoms with Gasteiger partial charge in [0.1, 0.15) is 6.04 Å². The fraction of sp³-hybridized carbons (Fsp3) is 0.263. The van der Waals surface area contributed by atoms with Gasteiger partial charge in [-0.25, -0.2) is 0 Å². The van der Waals surface area contributed by atoms with Crippen molar-refractivity contribution in [2.75, 3.05) is 19.6 Å². The molecule has 0 spiro atoms. The predicted octanol–water partition coefficient (Wildman–Crippen LogP) is 1.88. The summed E-state index contributed by atoms with van der Waals surface area (Å²) in [6, 6.07) is 17.4. The van der Waals surface area contributed by atoms with Crippen LogP contribution in [0.4, 0.5) is 0 Å². The molecule has 3 N–H and O–H groups in total. The zero-order valence-corrected chi connectivity index (χ0v) is 13.8. The second-order valence-electron chi connectivity index (χ2n) is 5.33. The standard InChI is InChI=1S/C19H23N3O2/c1-2-20-13-14-21-19(24)17(15-9-5-3-6-10-15)22-18(23)16-11-7-4-8-12-16/h3-12,17,20H,2,13-14H2,1H3,(H,21,24)(H,22,23). The summed E-state index contributed by atoms with van der Waals surface area (Å²) in [7, 11) is 0. The van der Waals surface area contributed by atoms with Crippen LogP contribution in [0.15, 0.2) is 60.7 Å². The lowest BCUT2D eigenvalue weighted by Crippen LogP contribution is -2.42. The van der Waals surface area contributed by atoms with E-state index < -0.39 is 6.04 Å². The summed E-state index contributed by atoms with van der Waals surface area (Å²) in [6.07, 6.45) is 0. The number of hydrogen-bond acceptors (Lipinski definition) is 3. The minimum absolute atomic E-state index is 0.219. The first-order chi connectivity index (χ1) is 11.7. The summed E-state index contributed by atoms with van der Waals surface area (Å²) in [5, 5.41) is 8.82. The number of likely N-dealkylation sites (N-methyl/N-ethyl adjacent to an activating group) is 1. The lowest BCUT2D eigenvalue weighted by atomic mass is 10.1. The number of benzene rings is 2. The van der Waals surface area contributed by atoms with Crippen molar-refractivity contribution in [3.63, 3.8) is 0 Å². The van der Waals surface area contributed by atoms with Gasteiger partial charge in [0, 0.05) is 18.7 Å². The molecule has 2 aromatic rings. The fourth-order valence-corrected chi connectivity index (χ4v) is 2.30. The Balaban J connectivity index is 2.08. The van der Waals surface area contributed by atoms with E-state index in [0.29, 0.717) is 18.7 Å². The van der Waals surface area contributed by atoms with Gasteiger partial charge in [-0.1, -0.05) is 55.5 Å². The Kier molecular flexibility index (Phi) is 6.98. The van der Waals surface area contributed by atoms with E-state index in [1.807, 2.05) is 43.3 Å². The average Bonchev–Trinajstić information content (AvgIpc) is 2.64. The van der Waals surface area contributed by atoms with Crippen molar-refractivity contribution in [1.82, 2.24) is 16.0 Å². The highest BCUT2D eigenvalue weighted by Crippen LogP contribution is 2.14. The summed E-state index contributed by atoms with van der Waals surface area (Å²) in [6.45, 7) is 4.06. The Morgan fingerprint density at radius 2 is 1.54 bits per heavy atom. The Hall–Kier alpha value is -2.66. The molecule has 1 atom stereocenters. The molecule has 0 fully saturated rings. The topological polar surface area (TPSA) is 70.2 Å². The summed E-state index contributed by atoms with van der Waals surface area (Å²) < 4.78 is 0. The highest BCUT2D eigenvalue weighted by atomic mass is 16.2. The Labute approximate surface area is 142 Å². The lowest BCUT2D eigenvalue weighted by Gasteiger charge is -2.19. The van der Waals surface area contributed by atoms with Gasteiger partial charge in [-0.05, 0) is 24.2 Å². The van der Waals surface area contributed by atoms with Gasteiger partial charge in [-0.15, -0.1) is 0 Å². The fourth-order valence-electron chi connectivity index (χ4n) is 2.30. The molecule has 2 rings (SSSR count). The maximum Gasteiger partial charge on any atom is 0.252 e. The Morgan fingerprint density at radius 3 is 2.17 bits per heavy atom. The van der Waals surface area contributed by atoms with E-state index in [1.165, 1.54) is 0 Å². The third kappa shape index (κ3) is 5.21. The highest BCUT2D eigenvalue weighted by molar-refractivity contribution is 5.97. The molecule has 1 unspecified atom stereocenters. The van der Waals surface area contributed by atoms with Crippen LogP contribution < -0.4 is 16.0 Å². The number of rotatable bonds is 8. The van der Waals surface area contributed by atoms with Crippen molar-refractivity contribution >= 4 is 11.8 Å². The van der Waals surface area contributed by atoms with Crippen LogP contribution in [0.2, 0.25) is 0 Å². The molecule has 5 nitrogen and oxygen atoms in total. The Bertz CT molecular complexity index is 644. The van der Waals surface area contributed by atoms with Crippen LogP contribution in [0, 0.1) is 0 Å². The molecule has 0 radical (unpaired) electrons. The van der Waals surface area contributed by atoms with Gasteiger partial charge in [-0.2, -0.15) is 0 Å². The largest absolute Gasteiger partial charge is 0.353 e. The minimum Gasteiger partial charge on any atom is -0.353 e. The molecule has 0 aromatic heterocycles. The molecule has 0 aliphatic rings. The molecule has 0 bridgehead atoms. The van der Waals surface area contributed by atoms with Crippen molar-refractivity contribution in [2.24, 2.45) is 0 Å². The molecule has 2 aromatic carbocycles. The van der Waals surface area contributed by atoms with E-state index >= 15 is 0 Å². The van der Waals surface area contributed by atoms with Crippen LogP contribution in [0.1, 0.15) is 28.9 Å². The highest BCUT2D eigenvalue weighted by Gasteiger charge is 2.22. The maximum absolute atomic E-state index is 12.5. The zero-order chi connectivity index (χ0) is 17.2. The maximum atomic E-state index is 12.5. The van der Waals surface area contributed by atoms with Crippen LogP contribution in [0.5, 0.6) is 0 Å². The van der Waals surface area contributed by atoms with Crippen molar-refractivity contribution in [3.05, 3.63) is 71.8 Å².